The molecule has 0 unspecified atom stereocenters. The second-order valence-electron chi connectivity index (χ2n) is 2.00. The van der Waals surface area contributed by atoms with Crippen molar-refractivity contribution in [1.82, 2.24) is 0 Å². The Morgan fingerprint density at radius 3 is 2.40 bits per heavy atom. The standard InChI is InChI=1S/C8H10OS/c1-10-8(9)7-5-3-2-4-6-7/h2-6,8-9H,1H3/t8-/m0/s1. The van der Waals surface area contributed by atoms with Crippen LogP contribution in [0, 0.1) is 0 Å². The minimum absolute atomic E-state index is 0.374. The van der Waals surface area contributed by atoms with E-state index in [2.05, 4.69) is 0 Å². The Bertz CT molecular complexity index is 186. The molecule has 1 N–H and O–H groups in total. The topological polar surface area (TPSA) is 20.2 Å². The highest BCUT2D eigenvalue weighted by atomic mass is 32.2. The molecule has 0 radical (unpaired) electrons. The zero-order chi connectivity index (χ0) is 7.40. The highest BCUT2D eigenvalue weighted by molar-refractivity contribution is 7.98. The van der Waals surface area contributed by atoms with Crippen LogP contribution < -0.4 is 0 Å². The minimum Gasteiger partial charge on any atom is -0.378 e. The van der Waals surface area contributed by atoms with E-state index in [1.807, 2.05) is 36.6 Å². The molecule has 10 heavy (non-hydrogen) atoms. The zero-order valence-electron chi connectivity index (χ0n) is 5.82. The molecule has 1 aromatic carbocycles. The van der Waals surface area contributed by atoms with Gasteiger partial charge in [0.05, 0.1) is 0 Å². The number of aliphatic hydroxyl groups excluding tert-OH is 1. The molecule has 0 aliphatic carbocycles. The first-order valence-electron chi connectivity index (χ1n) is 3.10. The summed E-state index contributed by atoms with van der Waals surface area (Å²) >= 11 is 1.43. The smallest absolute Gasteiger partial charge is 0.124 e. The lowest BCUT2D eigenvalue weighted by Crippen LogP contribution is -1.88. The maximum atomic E-state index is 9.29. The Morgan fingerprint density at radius 2 is 1.90 bits per heavy atom. The lowest BCUT2D eigenvalue weighted by molar-refractivity contribution is 0.270. The van der Waals surface area contributed by atoms with Gasteiger partial charge in [-0.2, -0.15) is 0 Å². The molecule has 0 heterocycles. The van der Waals surface area contributed by atoms with E-state index in [4.69, 9.17) is 0 Å². The second-order valence-corrected chi connectivity index (χ2v) is 2.92. The van der Waals surface area contributed by atoms with Gasteiger partial charge in [0.15, 0.2) is 0 Å². The summed E-state index contributed by atoms with van der Waals surface area (Å²) in [6, 6.07) is 9.63. The average molecular weight is 154 g/mol. The second kappa shape index (κ2) is 3.64. The molecule has 54 valence electrons. The van der Waals surface area contributed by atoms with Crippen LogP contribution in [0.4, 0.5) is 0 Å². The molecule has 1 rings (SSSR count). The van der Waals surface area contributed by atoms with Crippen molar-refractivity contribution >= 4 is 11.8 Å². The van der Waals surface area contributed by atoms with Crippen LogP contribution in [0.1, 0.15) is 11.0 Å². The van der Waals surface area contributed by atoms with E-state index in [-0.39, 0.29) is 5.44 Å². The fourth-order valence-electron chi connectivity index (χ4n) is 0.754. The molecule has 2 heteroatoms. The number of thioether (sulfide) groups is 1. The van der Waals surface area contributed by atoms with E-state index in [0.717, 1.165) is 5.56 Å². The van der Waals surface area contributed by atoms with Crippen molar-refractivity contribution in [2.24, 2.45) is 0 Å². The van der Waals surface area contributed by atoms with Crippen LogP contribution in [0.2, 0.25) is 0 Å². The van der Waals surface area contributed by atoms with Crippen molar-refractivity contribution in [3.8, 4) is 0 Å². The van der Waals surface area contributed by atoms with Gasteiger partial charge in [-0.1, -0.05) is 30.3 Å². The normalized spacial score (nSPS) is 13.0. The number of aliphatic hydroxyl groups is 1. The molecule has 1 aromatic rings. The van der Waals surface area contributed by atoms with Gasteiger partial charge in [-0.05, 0) is 11.8 Å². The van der Waals surface area contributed by atoms with E-state index in [9.17, 15) is 5.11 Å². The zero-order valence-corrected chi connectivity index (χ0v) is 6.64. The van der Waals surface area contributed by atoms with Crippen molar-refractivity contribution in [1.29, 1.82) is 0 Å². The van der Waals surface area contributed by atoms with Gasteiger partial charge in [0, 0.05) is 0 Å². The fourth-order valence-corrected chi connectivity index (χ4v) is 1.18. The van der Waals surface area contributed by atoms with Crippen molar-refractivity contribution < 1.29 is 5.11 Å². The third kappa shape index (κ3) is 1.75. The molecule has 0 amide bonds. The molecule has 0 aliphatic heterocycles. The molecule has 0 fully saturated rings. The molecule has 0 aliphatic rings. The summed E-state index contributed by atoms with van der Waals surface area (Å²) in [5.74, 6) is 0. The minimum atomic E-state index is -0.374. The van der Waals surface area contributed by atoms with Crippen LogP contribution >= 0.6 is 11.8 Å². The maximum Gasteiger partial charge on any atom is 0.124 e. The van der Waals surface area contributed by atoms with Gasteiger partial charge in [0.25, 0.3) is 0 Å². The SMILES string of the molecule is CS[C@H](O)c1ccccc1. The van der Waals surface area contributed by atoms with Crippen molar-refractivity contribution in [3.05, 3.63) is 35.9 Å². The van der Waals surface area contributed by atoms with Gasteiger partial charge >= 0.3 is 0 Å². The Morgan fingerprint density at radius 1 is 1.30 bits per heavy atom. The van der Waals surface area contributed by atoms with Gasteiger partial charge < -0.3 is 5.11 Å². The van der Waals surface area contributed by atoms with E-state index in [0.29, 0.717) is 0 Å². The van der Waals surface area contributed by atoms with Crippen LogP contribution in [0.5, 0.6) is 0 Å². The van der Waals surface area contributed by atoms with E-state index < -0.39 is 0 Å². The Labute approximate surface area is 65.1 Å². The highest BCUT2D eigenvalue weighted by Gasteiger charge is 2.01. The first-order valence-corrected chi connectivity index (χ1v) is 4.39. The van der Waals surface area contributed by atoms with Gasteiger partial charge in [0.1, 0.15) is 5.44 Å². The first-order chi connectivity index (χ1) is 4.84. The predicted molar refractivity (Wildman–Crippen MR) is 44.9 cm³/mol. The summed E-state index contributed by atoms with van der Waals surface area (Å²) in [5, 5.41) is 9.29. The molecular weight excluding hydrogens is 144 g/mol. The van der Waals surface area contributed by atoms with Crippen molar-refractivity contribution in [3.63, 3.8) is 0 Å². The maximum absolute atomic E-state index is 9.29. The molecule has 0 aromatic heterocycles. The van der Waals surface area contributed by atoms with Crippen LogP contribution in [0.3, 0.4) is 0 Å². The van der Waals surface area contributed by atoms with Crippen LogP contribution in [-0.2, 0) is 0 Å². The molecule has 0 bridgehead atoms. The third-order valence-electron chi connectivity index (χ3n) is 1.31. The third-order valence-corrected chi connectivity index (χ3v) is 2.03. The van der Waals surface area contributed by atoms with E-state index >= 15 is 0 Å². The van der Waals surface area contributed by atoms with Crippen LogP contribution in [0.25, 0.3) is 0 Å². The Balaban J connectivity index is 2.75. The lowest BCUT2D eigenvalue weighted by atomic mass is 10.2. The van der Waals surface area contributed by atoms with Gasteiger partial charge in [-0.3, -0.25) is 0 Å². The number of hydrogen-bond donors (Lipinski definition) is 1. The summed E-state index contributed by atoms with van der Waals surface area (Å²) in [6.07, 6.45) is 1.89. The molecule has 0 spiro atoms. The molecule has 0 saturated heterocycles. The molecule has 0 saturated carbocycles. The largest absolute Gasteiger partial charge is 0.378 e. The Hall–Kier alpha value is -0.470. The van der Waals surface area contributed by atoms with Crippen molar-refractivity contribution in [2.45, 2.75) is 5.44 Å². The predicted octanol–water partition coefficient (Wildman–Crippen LogP) is 2.04. The van der Waals surface area contributed by atoms with Crippen LogP contribution in [0.15, 0.2) is 30.3 Å². The number of hydrogen-bond acceptors (Lipinski definition) is 2. The van der Waals surface area contributed by atoms with E-state index in [1.54, 1.807) is 0 Å². The van der Waals surface area contributed by atoms with Crippen LogP contribution in [-0.4, -0.2) is 11.4 Å². The first kappa shape index (κ1) is 7.63. The van der Waals surface area contributed by atoms with Crippen molar-refractivity contribution in [2.75, 3.05) is 6.26 Å². The summed E-state index contributed by atoms with van der Waals surface area (Å²) in [6.45, 7) is 0. The summed E-state index contributed by atoms with van der Waals surface area (Å²) in [4.78, 5) is 0. The van der Waals surface area contributed by atoms with Gasteiger partial charge in [0.2, 0.25) is 0 Å². The molecule has 1 nitrogen and oxygen atoms in total. The summed E-state index contributed by atoms with van der Waals surface area (Å²) < 4.78 is 0. The highest BCUT2D eigenvalue weighted by Crippen LogP contribution is 2.21. The van der Waals surface area contributed by atoms with E-state index in [1.165, 1.54) is 11.8 Å². The number of rotatable bonds is 2. The number of benzene rings is 1. The quantitative estimate of drug-likeness (QED) is 0.658. The summed E-state index contributed by atoms with van der Waals surface area (Å²) in [5.41, 5.74) is 0.594. The molecular formula is C8H10OS. The summed E-state index contributed by atoms with van der Waals surface area (Å²) in [7, 11) is 0. The Kier molecular flexibility index (Phi) is 2.78. The van der Waals surface area contributed by atoms with Gasteiger partial charge in [-0.15, -0.1) is 11.8 Å². The average Bonchev–Trinajstić information content (AvgIpc) is 2.05. The molecule has 1 atom stereocenters. The van der Waals surface area contributed by atoms with Gasteiger partial charge in [-0.25, -0.2) is 0 Å². The fraction of sp³-hybridized carbons (Fsp3) is 0.250. The lowest BCUT2D eigenvalue weighted by Gasteiger charge is -2.05. The monoisotopic (exact) mass is 154 g/mol.